The van der Waals surface area contributed by atoms with Gasteiger partial charge in [-0.2, -0.15) is 0 Å². The molecule has 0 amide bonds. The van der Waals surface area contributed by atoms with Crippen molar-refractivity contribution in [2.45, 2.75) is 25.9 Å². The van der Waals surface area contributed by atoms with E-state index in [0.717, 1.165) is 0 Å². The average Bonchev–Trinajstić information content (AvgIpc) is 2.29. The van der Waals surface area contributed by atoms with E-state index in [2.05, 4.69) is 63.3 Å². The molecule has 5 nitrogen and oxygen atoms in total. The molecular formula is C9H11CrO5P. The second kappa shape index (κ2) is 85.4. The van der Waals surface area contributed by atoms with Crippen molar-refractivity contribution < 1.29 is 40.6 Å². The van der Waals surface area contributed by atoms with Crippen LogP contribution in [-0.2, 0) is 40.6 Å². The first kappa shape index (κ1) is 44.9. The third kappa shape index (κ3) is 19200. The van der Waals surface area contributed by atoms with E-state index in [0.29, 0.717) is 5.16 Å². The molecule has 0 saturated heterocycles. The van der Waals surface area contributed by atoms with Crippen molar-refractivity contribution in [2.75, 3.05) is 0 Å². The van der Waals surface area contributed by atoms with Gasteiger partial charge in [0, 0.05) is 17.4 Å². The summed E-state index contributed by atoms with van der Waals surface area (Å²) in [6.45, 7) is 29.0. The molecule has 0 N–H and O–H groups in total. The molecule has 1 atom stereocenters. The van der Waals surface area contributed by atoms with Crippen LogP contribution in [0.5, 0.6) is 0 Å². The molecule has 0 rings (SSSR count). The van der Waals surface area contributed by atoms with Gasteiger partial charge in [-0.1, -0.05) is 20.8 Å². The zero-order chi connectivity index (χ0) is 14.5. The van der Waals surface area contributed by atoms with Gasteiger partial charge in [-0.15, -0.1) is 9.24 Å². The molecule has 1 unspecified atom stereocenters. The van der Waals surface area contributed by atoms with Crippen molar-refractivity contribution >= 4 is 9.24 Å². The summed E-state index contributed by atoms with van der Waals surface area (Å²) in [6.07, 6.45) is 0. The maximum atomic E-state index is 7.50. The van der Waals surface area contributed by atoms with Gasteiger partial charge in [-0.25, -0.2) is 0 Å². The molecular weight excluding hydrogens is 271 g/mol. The molecule has 0 spiro atoms. The summed E-state index contributed by atoms with van der Waals surface area (Å²) in [4.78, 5) is 0. The predicted molar refractivity (Wildman–Crippen MR) is 49.1 cm³/mol. The van der Waals surface area contributed by atoms with E-state index in [1.807, 2.05) is 0 Å². The van der Waals surface area contributed by atoms with E-state index in [1.54, 1.807) is 0 Å². The Morgan fingerprint density at radius 2 is 0.625 bits per heavy atom. The normalized spacial score (nSPS) is 4.38. The largest absolute Gasteiger partial charge is 0 e. The Morgan fingerprint density at radius 3 is 0.625 bits per heavy atom. The van der Waals surface area contributed by atoms with Crippen LogP contribution >= 0.6 is 9.24 Å². The van der Waals surface area contributed by atoms with Gasteiger partial charge in [-0.05, 0) is 5.16 Å². The number of hydrogen-bond donors (Lipinski definition) is 0. The molecule has 0 aliphatic rings. The van der Waals surface area contributed by atoms with Crippen molar-refractivity contribution in [2.24, 2.45) is 0 Å². The maximum absolute atomic E-state index is 7.50. The Kier molecular flexibility index (Phi) is 239. The first-order valence-electron chi connectivity index (χ1n) is 2.81. The van der Waals surface area contributed by atoms with Crippen molar-refractivity contribution in [3.63, 3.8) is 0 Å². The summed E-state index contributed by atoms with van der Waals surface area (Å²) in [5.74, 6) is 0. The second-order valence-electron chi connectivity index (χ2n) is 2.37. The van der Waals surface area contributed by atoms with Crippen LogP contribution < -0.4 is 0 Å². The van der Waals surface area contributed by atoms with Crippen molar-refractivity contribution in [3.05, 3.63) is 33.3 Å². The van der Waals surface area contributed by atoms with E-state index < -0.39 is 0 Å². The molecule has 0 saturated carbocycles. The fourth-order valence-corrected chi connectivity index (χ4v) is 0. The van der Waals surface area contributed by atoms with E-state index >= 15 is 0 Å². The maximum Gasteiger partial charge on any atom is 0 e. The molecule has 0 aromatic rings. The summed E-state index contributed by atoms with van der Waals surface area (Å²) in [7, 11) is 2.72. The molecule has 88 valence electrons. The molecule has 0 aromatic carbocycles. The Bertz CT molecular complexity index is 134. The summed E-state index contributed by atoms with van der Waals surface area (Å²) < 4.78 is 37.5. The quantitative estimate of drug-likeness (QED) is 0.365. The predicted octanol–water partition coefficient (Wildman–Crippen LogP) is 1.47. The first-order chi connectivity index (χ1) is 7.00. The summed E-state index contributed by atoms with van der Waals surface area (Å²) in [5, 5.41) is 0.417. The van der Waals surface area contributed by atoms with Gasteiger partial charge in [0.2, 0.25) is 0 Å². The summed E-state index contributed by atoms with van der Waals surface area (Å²) in [6, 6.07) is 0. The van der Waals surface area contributed by atoms with Gasteiger partial charge in [0.25, 0.3) is 0 Å². The first-order valence-corrected chi connectivity index (χ1v) is 3.39. The van der Waals surface area contributed by atoms with Crippen LogP contribution in [-0.4, -0.2) is 5.16 Å². The van der Waals surface area contributed by atoms with Crippen LogP contribution in [0.1, 0.15) is 20.8 Å². The minimum Gasteiger partial charge on any atom is 0 e. The summed E-state index contributed by atoms with van der Waals surface area (Å²) in [5.41, 5.74) is 0. The Labute approximate surface area is 109 Å². The van der Waals surface area contributed by atoms with Crippen LogP contribution in [0.2, 0.25) is 0 Å². The van der Waals surface area contributed by atoms with Crippen LogP contribution in [0, 0.1) is 33.3 Å². The second-order valence-corrected chi connectivity index (χ2v) is 4.10. The zero-order valence-electron chi connectivity index (χ0n) is 9.03. The monoisotopic (exact) mass is 282 g/mol. The molecule has 7 heteroatoms. The SMILES string of the molecule is CC(C)(C)P.[C-]#[O+].[C-]#[O+].[C-]#[O+].[C-]#[O+].[C-]#[O+].[Cr]. The van der Waals surface area contributed by atoms with E-state index in [4.69, 9.17) is 23.3 Å². The van der Waals surface area contributed by atoms with Crippen LogP contribution in [0.4, 0.5) is 0 Å². The van der Waals surface area contributed by atoms with Crippen LogP contribution in [0.15, 0.2) is 0 Å². The molecule has 0 aliphatic carbocycles. The van der Waals surface area contributed by atoms with E-state index in [9.17, 15) is 0 Å². The summed E-state index contributed by atoms with van der Waals surface area (Å²) >= 11 is 0. The smallest absolute Gasteiger partial charge is 0 e. The topological polar surface area (TPSA) is 99.5 Å². The Morgan fingerprint density at radius 1 is 0.625 bits per heavy atom. The standard InChI is InChI=1S/C4H11P.5CO.Cr/c1-4(2,3)5;5*1-2;/h5H2,1-3H3;;;;;;. The third-order valence-corrected chi connectivity index (χ3v) is 0. The van der Waals surface area contributed by atoms with Gasteiger partial charge in [0.15, 0.2) is 0 Å². The van der Waals surface area contributed by atoms with Crippen molar-refractivity contribution in [1.29, 1.82) is 0 Å². The van der Waals surface area contributed by atoms with Gasteiger partial charge >= 0.3 is 56.5 Å². The molecule has 0 fully saturated rings. The molecule has 0 aromatic heterocycles. The van der Waals surface area contributed by atoms with E-state index in [-0.39, 0.29) is 17.4 Å². The van der Waals surface area contributed by atoms with Crippen molar-refractivity contribution in [3.8, 4) is 0 Å². The third-order valence-electron chi connectivity index (χ3n) is 0. The van der Waals surface area contributed by atoms with Crippen molar-refractivity contribution in [1.82, 2.24) is 0 Å². The average molecular weight is 282 g/mol. The van der Waals surface area contributed by atoms with Gasteiger partial charge in [-0.3, -0.25) is 0 Å². The van der Waals surface area contributed by atoms with Gasteiger partial charge < -0.3 is 0 Å². The molecule has 16 heavy (non-hydrogen) atoms. The number of hydrogen-bond acceptors (Lipinski definition) is 0. The Balaban J connectivity index is -0.0000000130. The van der Waals surface area contributed by atoms with Crippen LogP contribution in [0.25, 0.3) is 0 Å². The van der Waals surface area contributed by atoms with Gasteiger partial charge in [0.05, 0.1) is 0 Å². The Hall–Kier alpha value is -0.338. The fourth-order valence-electron chi connectivity index (χ4n) is 0. The van der Waals surface area contributed by atoms with E-state index in [1.165, 1.54) is 0 Å². The van der Waals surface area contributed by atoms with Gasteiger partial charge in [0.1, 0.15) is 0 Å². The minimum atomic E-state index is 0. The number of rotatable bonds is 0. The molecule has 0 bridgehead atoms. The van der Waals surface area contributed by atoms with Crippen LogP contribution in [0.3, 0.4) is 0 Å². The minimum absolute atomic E-state index is 0. The molecule has 0 heterocycles. The fraction of sp³-hybridized carbons (Fsp3) is 0.444. The molecule has 0 aliphatic heterocycles. The zero-order valence-corrected chi connectivity index (χ0v) is 11.5. The molecule has 0 radical (unpaired) electrons.